The van der Waals surface area contributed by atoms with Gasteiger partial charge >= 0.3 is 0 Å². The maximum Gasteiger partial charge on any atom is 0.0914 e. The van der Waals surface area contributed by atoms with Crippen molar-refractivity contribution in [3.63, 3.8) is 0 Å². The van der Waals surface area contributed by atoms with Gasteiger partial charge < -0.3 is 10.4 Å². The lowest BCUT2D eigenvalue weighted by atomic mass is 9.92. The molecule has 2 aromatic rings. The quantitative estimate of drug-likeness (QED) is 0.889. The number of aliphatic hydroxyl groups is 1. The van der Waals surface area contributed by atoms with Crippen molar-refractivity contribution in [1.29, 1.82) is 0 Å². The molecule has 1 fully saturated rings. The van der Waals surface area contributed by atoms with E-state index in [0.29, 0.717) is 0 Å². The Hall–Kier alpha value is -0.750. The monoisotopic (exact) mass is 322 g/mol. The molecule has 1 aliphatic rings. The lowest BCUT2D eigenvalue weighted by molar-refractivity contribution is 0.0860. The third-order valence-electron chi connectivity index (χ3n) is 4.18. The van der Waals surface area contributed by atoms with Crippen LogP contribution in [-0.2, 0) is 0 Å². The van der Waals surface area contributed by atoms with Crippen molar-refractivity contribution in [3.8, 4) is 10.6 Å². The molecule has 2 heterocycles. The number of rotatable bonds is 4. The van der Waals surface area contributed by atoms with E-state index in [1.54, 1.807) is 22.7 Å². The second kappa shape index (κ2) is 6.57. The van der Waals surface area contributed by atoms with Crippen molar-refractivity contribution in [1.82, 2.24) is 10.3 Å². The third kappa shape index (κ3) is 3.54. The average Bonchev–Trinajstić information content (AvgIpc) is 3.10. The zero-order chi connectivity index (χ0) is 14.8. The number of hydrogen-bond acceptors (Lipinski definition) is 5. The highest BCUT2D eigenvalue weighted by Crippen LogP contribution is 2.31. The van der Waals surface area contributed by atoms with Crippen LogP contribution >= 0.6 is 22.7 Å². The zero-order valence-electron chi connectivity index (χ0n) is 12.5. The smallest absolute Gasteiger partial charge is 0.0914 e. The maximum absolute atomic E-state index is 10.1. The number of aliphatic hydroxyl groups excluding tert-OH is 1. The number of thiazole rings is 1. The van der Waals surface area contributed by atoms with Gasteiger partial charge in [0.25, 0.3) is 0 Å². The minimum Gasteiger partial charge on any atom is -0.392 e. The predicted octanol–water partition coefficient (Wildman–Crippen LogP) is 4.13. The lowest BCUT2D eigenvalue weighted by Crippen LogP contribution is -2.43. The largest absolute Gasteiger partial charge is 0.392 e. The fourth-order valence-electron chi connectivity index (χ4n) is 2.91. The second-order valence-corrected chi connectivity index (χ2v) is 7.82. The third-order valence-corrected chi connectivity index (χ3v) is 5.93. The molecule has 0 spiro atoms. The molecule has 3 atom stereocenters. The van der Waals surface area contributed by atoms with Gasteiger partial charge in [-0.15, -0.1) is 22.7 Å². The van der Waals surface area contributed by atoms with Crippen LogP contribution in [0.4, 0.5) is 0 Å². The molecule has 0 aliphatic heterocycles. The molecule has 3 nitrogen and oxygen atoms in total. The summed E-state index contributed by atoms with van der Waals surface area (Å²) in [5.41, 5.74) is 2.37. The highest BCUT2D eigenvalue weighted by Gasteiger charge is 2.24. The standard InChI is InChI=1S/C16H22N2OS2/c1-10(17-13-5-3-4-6-15(13)19)12-7-16(21-8-12)14-9-20-11(2)18-14/h7-10,13,15,17,19H,3-6H2,1-2H3/t10-,13+,15+/m0/s1. The van der Waals surface area contributed by atoms with E-state index in [4.69, 9.17) is 0 Å². The van der Waals surface area contributed by atoms with Crippen molar-refractivity contribution in [2.75, 3.05) is 0 Å². The van der Waals surface area contributed by atoms with Crippen LogP contribution in [0.1, 0.15) is 49.2 Å². The Bertz CT molecular complexity index is 593. The molecule has 114 valence electrons. The molecule has 0 bridgehead atoms. The van der Waals surface area contributed by atoms with Gasteiger partial charge in [0.2, 0.25) is 0 Å². The molecule has 3 rings (SSSR count). The number of thiophene rings is 1. The Labute approximate surface area is 134 Å². The summed E-state index contributed by atoms with van der Waals surface area (Å²) in [6.07, 6.45) is 4.18. The van der Waals surface area contributed by atoms with Crippen molar-refractivity contribution in [3.05, 3.63) is 27.4 Å². The van der Waals surface area contributed by atoms with Crippen LogP contribution in [0.2, 0.25) is 0 Å². The van der Waals surface area contributed by atoms with E-state index in [-0.39, 0.29) is 18.2 Å². The molecule has 2 N–H and O–H groups in total. The first-order chi connectivity index (χ1) is 10.1. The SMILES string of the molecule is Cc1nc(-c2cc([C@H](C)N[C@@H]3CCCC[C@H]3O)cs2)cs1. The van der Waals surface area contributed by atoms with Crippen LogP contribution in [0.3, 0.4) is 0 Å². The molecule has 0 amide bonds. The van der Waals surface area contributed by atoms with Gasteiger partial charge in [-0.05, 0) is 43.7 Å². The minimum atomic E-state index is -0.194. The van der Waals surface area contributed by atoms with Gasteiger partial charge in [-0.3, -0.25) is 0 Å². The summed E-state index contributed by atoms with van der Waals surface area (Å²) in [6.45, 7) is 4.22. The van der Waals surface area contributed by atoms with Crippen molar-refractivity contribution < 1.29 is 5.11 Å². The van der Waals surface area contributed by atoms with Crippen LogP contribution in [0.25, 0.3) is 10.6 Å². The van der Waals surface area contributed by atoms with E-state index < -0.39 is 0 Å². The number of nitrogens with one attached hydrogen (secondary N) is 1. The molecule has 0 saturated heterocycles. The Kier molecular flexibility index (Phi) is 4.74. The van der Waals surface area contributed by atoms with Gasteiger partial charge in [0.05, 0.1) is 21.7 Å². The second-order valence-electron chi connectivity index (χ2n) is 5.84. The normalized spacial score (nSPS) is 24.1. The molecular weight excluding hydrogens is 300 g/mol. The summed E-state index contributed by atoms with van der Waals surface area (Å²) < 4.78 is 0. The van der Waals surface area contributed by atoms with Crippen LogP contribution < -0.4 is 5.32 Å². The summed E-state index contributed by atoms with van der Waals surface area (Å²) in [6, 6.07) is 2.73. The molecule has 0 aromatic carbocycles. The van der Waals surface area contributed by atoms with E-state index in [2.05, 4.69) is 34.1 Å². The molecule has 2 aromatic heterocycles. The van der Waals surface area contributed by atoms with Gasteiger partial charge in [0.15, 0.2) is 0 Å². The van der Waals surface area contributed by atoms with Crippen LogP contribution in [0.15, 0.2) is 16.8 Å². The Balaban J connectivity index is 1.67. The Morgan fingerprint density at radius 3 is 2.81 bits per heavy atom. The van der Waals surface area contributed by atoms with Crippen molar-refractivity contribution >= 4 is 22.7 Å². The van der Waals surface area contributed by atoms with Gasteiger partial charge in [-0.25, -0.2) is 4.98 Å². The van der Waals surface area contributed by atoms with Gasteiger partial charge in [-0.2, -0.15) is 0 Å². The lowest BCUT2D eigenvalue weighted by Gasteiger charge is -2.31. The van der Waals surface area contributed by atoms with E-state index in [0.717, 1.165) is 30.0 Å². The molecule has 0 radical (unpaired) electrons. The molecule has 1 aliphatic carbocycles. The van der Waals surface area contributed by atoms with Gasteiger partial charge in [-0.1, -0.05) is 12.8 Å². The number of hydrogen-bond donors (Lipinski definition) is 2. The highest BCUT2D eigenvalue weighted by molar-refractivity contribution is 7.14. The zero-order valence-corrected chi connectivity index (χ0v) is 14.1. The van der Waals surface area contributed by atoms with E-state index in [1.807, 2.05) is 6.92 Å². The Morgan fingerprint density at radius 2 is 2.10 bits per heavy atom. The van der Waals surface area contributed by atoms with E-state index >= 15 is 0 Å². The topological polar surface area (TPSA) is 45.2 Å². The van der Waals surface area contributed by atoms with Crippen molar-refractivity contribution in [2.24, 2.45) is 0 Å². The first kappa shape index (κ1) is 15.2. The maximum atomic E-state index is 10.1. The molecule has 5 heteroatoms. The first-order valence-electron chi connectivity index (χ1n) is 7.58. The summed E-state index contributed by atoms with van der Waals surface area (Å²) in [4.78, 5) is 5.78. The minimum absolute atomic E-state index is 0.194. The molecule has 1 saturated carbocycles. The summed E-state index contributed by atoms with van der Waals surface area (Å²) in [5, 5.41) is 19.1. The van der Waals surface area contributed by atoms with Crippen LogP contribution in [0.5, 0.6) is 0 Å². The number of aryl methyl sites for hydroxylation is 1. The number of nitrogens with zero attached hydrogens (tertiary/aromatic N) is 1. The fraction of sp³-hybridized carbons (Fsp3) is 0.562. The summed E-state index contributed by atoms with van der Waals surface area (Å²) in [7, 11) is 0. The van der Waals surface area contributed by atoms with Crippen LogP contribution in [-0.4, -0.2) is 22.2 Å². The molecule has 0 unspecified atom stereocenters. The van der Waals surface area contributed by atoms with Gasteiger partial charge in [0, 0.05) is 17.5 Å². The molecular formula is C16H22N2OS2. The van der Waals surface area contributed by atoms with E-state index in [9.17, 15) is 5.11 Å². The van der Waals surface area contributed by atoms with Crippen molar-refractivity contribution in [2.45, 2.75) is 57.7 Å². The highest BCUT2D eigenvalue weighted by atomic mass is 32.1. The van der Waals surface area contributed by atoms with E-state index in [1.165, 1.54) is 16.9 Å². The average molecular weight is 322 g/mol. The first-order valence-corrected chi connectivity index (χ1v) is 9.34. The molecule has 21 heavy (non-hydrogen) atoms. The number of aromatic nitrogens is 1. The summed E-state index contributed by atoms with van der Waals surface area (Å²) >= 11 is 3.44. The fourth-order valence-corrected chi connectivity index (χ4v) is 4.56. The van der Waals surface area contributed by atoms with Gasteiger partial charge in [0.1, 0.15) is 0 Å². The summed E-state index contributed by atoms with van der Waals surface area (Å²) in [5.74, 6) is 0. The Morgan fingerprint density at radius 1 is 1.29 bits per heavy atom. The predicted molar refractivity (Wildman–Crippen MR) is 90.0 cm³/mol. The van der Waals surface area contributed by atoms with Crippen LogP contribution in [0, 0.1) is 6.92 Å².